The number of piperazine rings is 1. The van der Waals surface area contributed by atoms with Crippen LogP contribution in [-0.4, -0.2) is 163 Å². The van der Waals surface area contributed by atoms with Crippen molar-refractivity contribution >= 4 is 51.7 Å². The fourth-order valence-electron chi connectivity index (χ4n) is 10.1. The predicted molar refractivity (Wildman–Crippen MR) is 263 cm³/mol. The summed E-state index contributed by atoms with van der Waals surface area (Å²) in [4.78, 5) is 74.7. The number of cyclic esters (lactones) is 1. The molecule has 68 heavy (non-hydrogen) atoms. The number of hydrogen-bond acceptors (Lipinski definition) is 13. The number of hydrogen-bond donors (Lipinski definition) is 2. The van der Waals surface area contributed by atoms with E-state index < -0.39 is 41.3 Å². The van der Waals surface area contributed by atoms with E-state index in [4.69, 9.17) is 24.2 Å². The van der Waals surface area contributed by atoms with Crippen molar-refractivity contribution in [1.29, 1.82) is 0 Å². The Balaban J connectivity index is 1.20. The van der Waals surface area contributed by atoms with Gasteiger partial charge >= 0.3 is 12.0 Å². The van der Waals surface area contributed by atoms with Gasteiger partial charge in [0.25, 0.3) is 5.91 Å². The number of urea groups is 1. The number of hydrazine groups is 1. The Bertz CT molecular complexity index is 2490. The Morgan fingerprint density at radius 3 is 2.51 bits per heavy atom. The van der Waals surface area contributed by atoms with Crippen molar-refractivity contribution in [2.75, 3.05) is 85.6 Å². The molecule has 2 N–H and O–H groups in total. The van der Waals surface area contributed by atoms with Crippen LogP contribution in [0.2, 0.25) is 0 Å². The van der Waals surface area contributed by atoms with E-state index in [1.54, 1.807) is 26.2 Å². The maximum Gasteiger partial charge on any atom is 0.324 e. The molecule has 0 aliphatic carbocycles. The van der Waals surface area contributed by atoms with Gasteiger partial charge in [-0.15, -0.1) is 11.3 Å². The lowest BCUT2D eigenvalue weighted by atomic mass is 9.84. The topological polar surface area (TPSA) is 167 Å². The van der Waals surface area contributed by atoms with Gasteiger partial charge in [0.05, 0.1) is 65.9 Å². The fourth-order valence-corrected chi connectivity index (χ4v) is 11.0. The Hall–Kier alpha value is -5.14. The molecular weight excluding hydrogens is 885 g/mol. The minimum atomic E-state index is -1.05. The van der Waals surface area contributed by atoms with E-state index in [-0.39, 0.29) is 37.2 Å². The van der Waals surface area contributed by atoms with Crippen molar-refractivity contribution in [2.45, 2.75) is 104 Å². The third-order valence-electron chi connectivity index (χ3n) is 14.2. The highest BCUT2D eigenvalue weighted by Crippen LogP contribution is 2.43. The summed E-state index contributed by atoms with van der Waals surface area (Å²) in [6, 6.07) is 5.78. The highest BCUT2D eigenvalue weighted by molar-refractivity contribution is 7.10. The number of rotatable bonds is 10. The average Bonchev–Trinajstić information content (AvgIpc) is 3.90. The highest BCUT2D eigenvalue weighted by Gasteiger charge is 2.41. The van der Waals surface area contributed by atoms with Gasteiger partial charge in [0.2, 0.25) is 5.91 Å². The van der Waals surface area contributed by atoms with E-state index in [2.05, 4.69) is 77.2 Å². The Morgan fingerprint density at radius 2 is 1.82 bits per heavy atom. The van der Waals surface area contributed by atoms with Crippen LogP contribution in [0.3, 0.4) is 0 Å². The van der Waals surface area contributed by atoms with Crippen LogP contribution in [0.1, 0.15) is 76.8 Å². The van der Waals surface area contributed by atoms with E-state index in [1.807, 2.05) is 32.3 Å². The summed E-state index contributed by atoms with van der Waals surface area (Å²) in [5.41, 5.74) is 10.5. The number of thiazole rings is 1. The molecule has 4 amide bonds. The summed E-state index contributed by atoms with van der Waals surface area (Å²) in [5, 5.41) is 8.20. The van der Waals surface area contributed by atoms with Crippen LogP contribution in [0.5, 0.6) is 0 Å². The van der Waals surface area contributed by atoms with Gasteiger partial charge in [0.1, 0.15) is 18.1 Å². The quantitative estimate of drug-likeness (QED) is 0.196. The molecule has 8 rings (SSSR count). The monoisotopic (exact) mass is 955 g/mol. The molecule has 3 fully saturated rings. The van der Waals surface area contributed by atoms with Crippen LogP contribution in [0.4, 0.5) is 10.5 Å². The number of ether oxygens (including phenoxy) is 3. The summed E-state index contributed by atoms with van der Waals surface area (Å²) in [7, 11) is 7.11. The van der Waals surface area contributed by atoms with Gasteiger partial charge in [-0.25, -0.2) is 15.2 Å². The number of likely N-dealkylation sites (N-methyl/N-ethyl adjacent to an activating group) is 2. The van der Waals surface area contributed by atoms with Crippen LogP contribution < -0.4 is 15.6 Å². The minimum Gasteiger partial charge on any atom is -0.464 e. The maximum absolute atomic E-state index is 14.6. The van der Waals surface area contributed by atoms with E-state index >= 15 is 0 Å². The first-order chi connectivity index (χ1) is 32.5. The van der Waals surface area contributed by atoms with Crippen LogP contribution >= 0.6 is 11.3 Å². The first-order valence-electron chi connectivity index (χ1n) is 24.2. The predicted octanol–water partition coefficient (Wildman–Crippen LogP) is 5.36. The number of likely N-dealkylation sites (tertiary alicyclic amines) is 1. The summed E-state index contributed by atoms with van der Waals surface area (Å²) in [6.07, 6.45) is 3.37. The molecule has 0 radical (unpaired) electrons. The molecule has 6 bridgehead atoms. The second-order valence-electron chi connectivity index (χ2n) is 20.1. The summed E-state index contributed by atoms with van der Waals surface area (Å²) in [6.45, 7) is 18.0. The van der Waals surface area contributed by atoms with Crippen LogP contribution in [0, 0.1) is 11.3 Å². The summed E-state index contributed by atoms with van der Waals surface area (Å²) < 4.78 is 19.9. The molecule has 17 nitrogen and oxygen atoms in total. The van der Waals surface area contributed by atoms with Gasteiger partial charge in [-0.05, 0) is 69.8 Å². The Labute approximate surface area is 404 Å². The molecule has 4 aliphatic rings. The molecule has 18 heteroatoms. The van der Waals surface area contributed by atoms with Crippen molar-refractivity contribution in [2.24, 2.45) is 11.3 Å². The molecule has 0 unspecified atom stereocenters. The van der Waals surface area contributed by atoms with E-state index in [0.717, 1.165) is 76.5 Å². The van der Waals surface area contributed by atoms with Gasteiger partial charge < -0.3 is 43.7 Å². The van der Waals surface area contributed by atoms with Gasteiger partial charge in [0.15, 0.2) is 0 Å². The third kappa shape index (κ3) is 10.1. The fraction of sp³-hybridized carbons (Fsp3) is 0.600. The largest absolute Gasteiger partial charge is 0.464 e. The molecule has 3 saturated heterocycles. The van der Waals surface area contributed by atoms with Crippen molar-refractivity contribution in [3.63, 3.8) is 0 Å². The molecule has 4 aromatic rings. The normalized spacial score (nSPS) is 21.6. The average molecular weight is 955 g/mol. The van der Waals surface area contributed by atoms with E-state index in [0.29, 0.717) is 50.4 Å². The third-order valence-corrected chi connectivity index (χ3v) is 15.0. The first-order valence-corrected chi connectivity index (χ1v) is 25.0. The lowest BCUT2D eigenvalue weighted by molar-refractivity contribution is -0.155. The second-order valence-corrected chi connectivity index (χ2v) is 21.0. The number of methoxy groups -OCH3 is 2. The lowest BCUT2D eigenvalue weighted by Crippen LogP contribution is -2.64. The van der Waals surface area contributed by atoms with Crippen molar-refractivity contribution in [1.82, 2.24) is 45.0 Å². The second kappa shape index (κ2) is 20.4. The lowest BCUT2D eigenvalue weighted by Gasteiger charge is -2.42. The number of amides is 4. The van der Waals surface area contributed by atoms with Gasteiger partial charge in [-0.1, -0.05) is 33.8 Å². The van der Waals surface area contributed by atoms with Crippen molar-refractivity contribution in [3.8, 4) is 22.5 Å². The van der Waals surface area contributed by atoms with Crippen molar-refractivity contribution in [3.05, 3.63) is 52.1 Å². The number of aromatic nitrogens is 3. The molecule has 0 spiro atoms. The zero-order valence-electron chi connectivity index (χ0n) is 41.5. The zero-order valence-corrected chi connectivity index (χ0v) is 42.3. The summed E-state index contributed by atoms with van der Waals surface area (Å²) in [5.74, 6) is -1.56. The number of anilines is 1. The van der Waals surface area contributed by atoms with Crippen LogP contribution in [0.15, 0.2) is 35.8 Å². The molecule has 0 saturated carbocycles. The Kier molecular flexibility index (Phi) is 14.8. The molecule has 3 aromatic heterocycles. The number of nitrogens with zero attached hydrogens (tertiary/aromatic N) is 8. The zero-order chi connectivity index (χ0) is 48.6. The molecule has 4 atom stereocenters. The number of aryl methyl sites for hydroxylation is 1. The van der Waals surface area contributed by atoms with Crippen molar-refractivity contribution < 1.29 is 33.4 Å². The number of benzene rings is 1. The highest BCUT2D eigenvalue weighted by atomic mass is 32.1. The minimum absolute atomic E-state index is 0.0407. The SMILES string of the molecule is CCn1c(-c2cc(N3CCN(C)CC3)cnc2[C@H](C)OC)c2c3cc(ccc31)-c1csc(n1)C[C@H](NC(=O)[C@H](C(C)C)N(C)C(=O)N1CC(OC)C1)C(=O)N1CCC[C@H](N1)C(=O)OCC(C)(C)C2. The summed E-state index contributed by atoms with van der Waals surface area (Å²) >= 11 is 1.43. The van der Waals surface area contributed by atoms with Crippen LogP contribution in [-0.2, 0) is 48.0 Å². The number of carbonyl (C=O) groups is 4. The molecule has 7 heterocycles. The van der Waals surface area contributed by atoms with Crippen LogP contribution in [0.25, 0.3) is 33.4 Å². The molecule has 1 aromatic carbocycles. The van der Waals surface area contributed by atoms with E-state index in [9.17, 15) is 19.2 Å². The molecule has 4 aliphatic heterocycles. The number of fused-ring (bicyclic) bond motifs is 6. The number of carbonyl (C=O) groups excluding carboxylic acids is 4. The number of pyridine rings is 1. The maximum atomic E-state index is 14.6. The molecular formula is C50H70N10O7S. The van der Waals surface area contributed by atoms with E-state index in [1.165, 1.54) is 21.2 Å². The van der Waals surface area contributed by atoms with Gasteiger partial charge in [-0.2, -0.15) is 0 Å². The smallest absolute Gasteiger partial charge is 0.324 e. The molecule has 368 valence electrons. The van der Waals surface area contributed by atoms with Gasteiger partial charge in [0, 0.05) is 99.8 Å². The first kappa shape index (κ1) is 49.3. The number of esters is 1. The number of nitrogens with one attached hydrogen (secondary N) is 2. The standard InChI is InChI=1S/C50H70N10O7S/c1-11-59-41-15-14-32-21-35(41)37(45(59)36-22-33(25-51-43(36)31(4)65-9)57-19-17-55(7)18-20-57)24-50(5,6)29-67-48(63)38-13-12-16-60(54-38)47(62)39(23-42-52-40(32)28-68-42)53-46(61)44(30(2)3)56(8)49(64)58-26-34(27-58)66-10/h14-15,21-22,25,28,30-31,34,38-39,44,54H,11-13,16-20,23-24,26-27,29H2,1-10H3,(H,53,61)/t31-,38-,39-,44-/m0/s1. The van der Waals surface area contributed by atoms with Gasteiger partial charge in [-0.3, -0.25) is 24.4 Å². The Morgan fingerprint density at radius 1 is 1.07 bits per heavy atom.